The molecule has 0 aliphatic heterocycles. The van der Waals surface area contributed by atoms with E-state index in [4.69, 9.17) is 0 Å². The summed E-state index contributed by atoms with van der Waals surface area (Å²) in [4.78, 5) is 13.7. The van der Waals surface area contributed by atoms with Crippen LogP contribution in [0.25, 0.3) is 0 Å². The Morgan fingerprint density at radius 1 is 1.44 bits per heavy atom. The molecule has 4 atom stereocenters. The Kier molecular flexibility index (Phi) is 5.93. The third kappa shape index (κ3) is 4.16. The number of rotatable bonds is 5. The predicted octanol–water partition coefficient (Wildman–Crippen LogP) is 2.22. The van der Waals surface area contributed by atoms with Gasteiger partial charge in [0.2, 0.25) is 0 Å². The highest BCUT2D eigenvalue weighted by molar-refractivity contribution is 5.74. The van der Waals surface area contributed by atoms with E-state index in [2.05, 4.69) is 19.2 Å². The highest BCUT2D eigenvalue weighted by Gasteiger charge is 2.27. The van der Waals surface area contributed by atoms with Gasteiger partial charge in [0.05, 0.1) is 6.10 Å². The van der Waals surface area contributed by atoms with Crippen LogP contribution in [0.4, 0.5) is 4.79 Å². The summed E-state index contributed by atoms with van der Waals surface area (Å²) in [5, 5.41) is 12.8. The molecule has 0 heterocycles. The maximum absolute atomic E-state index is 12.0. The van der Waals surface area contributed by atoms with Gasteiger partial charge in [-0.05, 0) is 25.7 Å². The molecule has 0 radical (unpaired) electrons. The largest absolute Gasteiger partial charge is 0.393 e. The van der Waals surface area contributed by atoms with E-state index in [1.54, 1.807) is 4.90 Å². The third-order valence-electron chi connectivity index (χ3n) is 4.32. The molecule has 1 rings (SSSR count). The van der Waals surface area contributed by atoms with Gasteiger partial charge in [-0.1, -0.05) is 26.7 Å². The van der Waals surface area contributed by atoms with Gasteiger partial charge in [0, 0.05) is 25.6 Å². The van der Waals surface area contributed by atoms with E-state index in [0.29, 0.717) is 12.5 Å². The number of hydrogen-bond acceptors (Lipinski definition) is 2. The van der Waals surface area contributed by atoms with Gasteiger partial charge in [0.1, 0.15) is 0 Å². The third-order valence-corrected chi connectivity index (χ3v) is 4.32. The quantitative estimate of drug-likeness (QED) is 0.792. The highest BCUT2D eigenvalue weighted by Crippen LogP contribution is 2.25. The number of aliphatic hydroxyl groups excluding tert-OH is 1. The smallest absolute Gasteiger partial charge is 0.317 e. The number of nitrogens with one attached hydrogen (secondary N) is 1. The molecule has 106 valence electrons. The lowest BCUT2D eigenvalue weighted by Crippen LogP contribution is -2.46. The highest BCUT2D eigenvalue weighted by atomic mass is 16.3. The number of hydrogen-bond donors (Lipinski definition) is 2. The summed E-state index contributed by atoms with van der Waals surface area (Å²) in [6.07, 6.45) is 3.81. The predicted molar refractivity (Wildman–Crippen MR) is 73.4 cm³/mol. The molecule has 1 fully saturated rings. The SMILES string of the molecule is CCC(C)C(C)NC(=O)N(C)CC1CCCC1O. The average molecular weight is 256 g/mol. The fourth-order valence-electron chi connectivity index (χ4n) is 2.47. The molecule has 2 N–H and O–H groups in total. The summed E-state index contributed by atoms with van der Waals surface area (Å²) in [5.74, 6) is 0.735. The van der Waals surface area contributed by atoms with Gasteiger partial charge in [0.15, 0.2) is 0 Å². The molecule has 4 unspecified atom stereocenters. The average Bonchev–Trinajstić information content (AvgIpc) is 2.73. The van der Waals surface area contributed by atoms with Crippen molar-refractivity contribution in [3.63, 3.8) is 0 Å². The first-order valence-electron chi connectivity index (χ1n) is 7.15. The second-order valence-corrected chi connectivity index (χ2v) is 5.76. The van der Waals surface area contributed by atoms with Crippen LogP contribution in [0.2, 0.25) is 0 Å². The summed E-state index contributed by atoms with van der Waals surface area (Å²) in [6, 6.07) is 0.167. The molecule has 2 amide bonds. The van der Waals surface area contributed by atoms with E-state index >= 15 is 0 Å². The maximum atomic E-state index is 12.0. The number of carbonyl (C=O) groups is 1. The van der Waals surface area contributed by atoms with Crippen molar-refractivity contribution >= 4 is 6.03 Å². The monoisotopic (exact) mass is 256 g/mol. The van der Waals surface area contributed by atoms with Gasteiger partial charge in [-0.25, -0.2) is 4.79 Å². The minimum Gasteiger partial charge on any atom is -0.393 e. The van der Waals surface area contributed by atoms with E-state index in [0.717, 1.165) is 25.7 Å². The van der Waals surface area contributed by atoms with Crippen LogP contribution in [-0.4, -0.2) is 41.8 Å². The maximum Gasteiger partial charge on any atom is 0.317 e. The van der Waals surface area contributed by atoms with E-state index in [9.17, 15) is 9.90 Å². The lowest BCUT2D eigenvalue weighted by Gasteiger charge is -2.27. The first-order valence-corrected chi connectivity index (χ1v) is 7.15. The Hall–Kier alpha value is -0.770. The number of amides is 2. The van der Waals surface area contributed by atoms with Crippen LogP contribution in [0.5, 0.6) is 0 Å². The number of urea groups is 1. The standard InChI is InChI=1S/C14H28N2O2/c1-5-10(2)11(3)15-14(18)16(4)9-12-7-6-8-13(12)17/h10-13,17H,5-9H2,1-4H3,(H,15,18). The van der Waals surface area contributed by atoms with Crippen molar-refractivity contribution in [3.8, 4) is 0 Å². The summed E-state index contributed by atoms with van der Waals surface area (Å²) >= 11 is 0. The molecular weight excluding hydrogens is 228 g/mol. The van der Waals surface area contributed by atoms with Crippen molar-refractivity contribution in [1.29, 1.82) is 0 Å². The summed E-state index contributed by atoms with van der Waals surface area (Å²) in [6.45, 7) is 6.97. The van der Waals surface area contributed by atoms with E-state index in [1.807, 2.05) is 14.0 Å². The molecule has 1 saturated carbocycles. The van der Waals surface area contributed by atoms with Crippen molar-refractivity contribution in [1.82, 2.24) is 10.2 Å². The first-order chi connectivity index (χ1) is 8.45. The zero-order valence-corrected chi connectivity index (χ0v) is 12.1. The number of carbonyl (C=O) groups excluding carboxylic acids is 1. The van der Waals surface area contributed by atoms with Gasteiger partial charge in [0.25, 0.3) is 0 Å². The molecule has 1 aliphatic rings. The van der Waals surface area contributed by atoms with Crippen molar-refractivity contribution in [2.24, 2.45) is 11.8 Å². The molecule has 0 aromatic rings. The van der Waals surface area contributed by atoms with Gasteiger partial charge < -0.3 is 15.3 Å². The Balaban J connectivity index is 2.36. The lowest BCUT2D eigenvalue weighted by atomic mass is 10.0. The van der Waals surface area contributed by atoms with Crippen LogP contribution >= 0.6 is 0 Å². The molecule has 0 aromatic heterocycles. The van der Waals surface area contributed by atoms with Crippen LogP contribution in [0, 0.1) is 11.8 Å². The Labute approximate surface area is 111 Å². The second-order valence-electron chi connectivity index (χ2n) is 5.76. The molecule has 0 saturated heterocycles. The second kappa shape index (κ2) is 6.98. The topological polar surface area (TPSA) is 52.6 Å². The van der Waals surface area contributed by atoms with Crippen LogP contribution in [0.3, 0.4) is 0 Å². The van der Waals surface area contributed by atoms with Gasteiger partial charge in [-0.15, -0.1) is 0 Å². The molecule has 0 spiro atoms. The Morgan fingerprint density at radius 2 is 2.11 bits per heavy atom. The molecule has 0 aromatic carbocycles. The zero-order chi connectivity index (χ0) is 13.7. The van der Waals surface area contributed by atoms with Crippen LogP contribution in [0.15, 0.2) is 0 Å². The van der Waals surface area contributed by atoms with E-state index in [1.165, 1.54) is 0 Å². The van der Waals surface area contributed by atoms with Gasteiger partial charge >= 0.3 is 6.03 Å². The first kappa shape index (κ1) is 15.3. The lowest BCUT2D eigenvalue weighted by molar-refractivity contribution is 0.113. The molecule has 4 heteroatoms. The van der Waals surface area contributed by atoms with Gasteiger partial charge in [-0.3, -0.25) is 0 Å². The van der Waals surface area contributed by atoms with E-state index in [-0.39, 0.29) is 24.1 Å². The number of nitrogens with zero attached hydrogens (tertiary/aromatic N) is 1. The van der Waals surface area contributed by atoms with Crippen molar-refractivity contribution < 1.29 is 9.90 Å². The van der Waals surface area contributed by atoms with Crippen molar-refractivity contribution in [2.45, 2.75) is 58.6 Å². The number of aliphatic hydroxyl groups is 1. The summed E-state index contributed by atoms with van der Waals surface area (Å²) in [7, 11) is 1.81. The molecule has 18 heavy (non-hydrogen) atoms. The van der Waals surface area contributed by atoms with Crippen LogP contribution in [0.1, 0.15) is 46.5 Å². The van der Waals surface area contributed by atoms with Gasteiger partial charge in [-0.2, -0.15) is 0 Å². The fourth-order valence-corrected chi connectivity index (χ4v) is 2.47. The minimum atomic E-state index is -0.229. The fraction of sp³-hybridized carbons (Fsp3) is 0.929. The van der Waals surface area contributed by atoms with E-state index < -0.39 is 0 Å². The zero-order valence-electron chi connectivity index (χ0n) is 12.1. The normalized spacial score (nSPS) is 26.7. The van der Waals surface area contributed by atoms with Crippen LogP contribution < -0.4 is 5.32 Å². The molecule has 1 aliphatic carbocycles. The van der Waals surface area contributed by atoms with Crippen molar-refractivity contribution in [3.05, 3.63) is 0 Å². The Morgan fingerprint density at radius 3 is 2.61 bits per heavy atom. The van der Waals surface area contributed by atoms with Crippen LogP contribution in [-0.2, 0) is 0 Å². The molecule has 4 nitrogen and oxygen atoms in total. The summed E-state index contributed by atoms with van der Waals surface area (Å²) < 4.78 is 0. The minimum absolute atomic E-state index is 0.0260. The van der Waals surface area contributed by atoms with Crippen molar-refractivity contribution in [2.75, 3.05) is 13.6 Å². The molecular formula is C14H28N2O2. The Bertz CT molecular complexity index is 271. The molecule has 0 bridgehead atoms. The summed E-state index contributed by atoms with van der Waals surface area (Å²) in [5.41, 5.74) is 0.